The van der Waals surface area contributed by atoms with Crippen LogP contribution < -0.4 is 10.6 Å². The Kier molecular flexibility index (Phi) is 11.1. The summed E-state index contributed by atoms with van der Waals surface area (Å²) in [5.74, 6) is 1.94. The number of amides is 3. The van der Waals surface area contributed by atoms with Gasteiger partial charge in [0.2, 0.25) is 11.8 Å². The Labute approximate surface area is 205 Å². The lowest BCUT2D eigenvalue weighted by Gasteiger charge is -2.38. The standard InChI is InChI=1S/C27H41N3O4/c1-10-15-18(4)28-24(31)23(22-17-14-13-16-21(22)12-3)30(19(5)11-2)25(32)20(6)29-26(33)34-27(7,8)9/h3,13-14,16-20,23H,10-11,15H2,1-2,4-9H3,(H,28,31)(H,29,33). The molecule has 7 heteroatoms. The predicted octanol–water partition coefficient (Wildman–Crippen LogP) is 4.55. The van der Waals surface area contributed by atoms with Crippen molar-refractivity contribution >= 4 is 17.9 Å². The Morgan fingerprint density at radius 3 is 2.24 bits per heavy atom. The van der Waals surface area contributed by atoms with Crippen molar-refractivity contribution in [3.05, 3.63) is 35.4 Å². The summed E-state index contributed by atoms with van der Waals surface area (Å²) in [5, 5.41) is 5.65. The van der Waals surface area contributed by atoms with Crippen molar-refractivity contribution in [3.8, 4) is 12.3 Å². The van der Waals surface area contributed by atoms with E-state index in [2.05, 4.69) is 16.6 Å². The van der Waals surface area contributed by atoms with Crippen LogP contribution in [0.2, 0.25) is 0 Å². The molecule has 4 atom stereocenters. The van der Waals surface area contributed by atoms with E-state index in [1.165, 1.54) is 4.90 Å². The van der Waals surface area contributed by atoms with Gasteiger partial charge in [0.25, 0.3) is 0 Å². The smallest absolute Gasteiger partial charge is 0.408 e. The molecule has 0 aromatic heterocycles. The number of nitrogens with zero attached hydrogens (tertiary/aromatic N) is 1. The quantitative estimate of drug-likeness (QED) is 0.490. The average Bonchev–Trinajstić information content (AvgIpc) is 2.75. The fourth-order valence-electron chi connectivity index (χ4n) is 3.68. The Bertz CT molecular complexity index is 885. The van der Waals surface area contributed by atoms with Crippen LogP contribution in [0.1, 0.15) is 91.8 Å². The average molecular weight is 472 g/mol. The van der Waals surface area contributed by atoms with Crippen LogP contribution in [-0.4, -0.2) is 46.5 Å². The Balaban J connectivity index is 3.45. The second-order valence-electron chi connectivity index (χ2n) is 9.70. The molecule has 0 heterocycles. The summed E-state index contributed by atoms with van der Waals surface area (Å²) in [6.45, 7) is 14.6. The number of nitrogens with one attached hydrogen (secondary N) is 2. The van der Waals surface area contributed by atoms with Crippen LogP contribution in [0.3, 0.4) is 0 Å². The van der Waals surface area contributed by atoms with Crippen LogP contribution in [0.4, 0.5) is 4.79 Å². The molecule has 0 aliphatic carbocycles. The van der Waals surface area contributed by atoms with Gasteiger partial charge in [-0.15, -0.1) is 6.42 Å². The lowest BCUT2D eigenvalue weighted by Crippen LogP contribution is -2.55. The Morgan fingerprint density at radius 2 is 1.71 bits per heavy atom. The number of carbonyl (C=O) groups excluding carboxylic acids is 3. The highest BCUT2D eigenvalue weighted by atomic mass is 16.6. The molecule has 0 saturated heterocycles. The fourth-order valence-corrected chi connectivity index (χ4v) is 3.68. The lowest BCUT2D eigenvalue weighted by molar-refractivity contribution is -0.145. The maximum absolute atomic E-state index is 13.7. The molecule has 0 bridgehead atoms. The first-order valence-corrected chi connectivity index (χ1v) is 12.0. The summed E-state index contributed by atoms with van der Waals surface area (Å²) in [7, 11) is 0. The Hall–Kier alpha value is -3.01. The molecule has 0 fully saturated rings. The second-order valence-corrected chi connectivity index (χ2v) is 9.70. The maximum Gasteiger partial charge on any atom is 0.408 e. The highest BCUT2D eigenvalue weighted by Gasteiger charge is 2.38. The van der Waals surface area contributed by atoms with Crippen LogP contribution in [-0.2, 0) is 14.3 Å². The number of rotatable bonds is 10. The topological polar surface area (TPSA) is 87.7 Å². The molecule has 7 nitrogen and oxygen atoms in total. The van der Waals surface area contributed by atoms with Crippen molar-refractivity contribution in [1.29, 1.82) is 0 Å². The molecule has 4 unspecified atom stereocenters. The van der Waals surface area contributed by atoms with E-state index in [0.29, 0.717) is 17.5 Å². The third kappa shape index (κ3) is 8.40. The van der Waals surface area contributed by atoms with Gasteiger partial charge in [0.05, 0.1) is 0 Å². The minimum absolute atomic E-state index is 0.0656. The molecule has 0 aliphatic rings. The van der Waals surface area contributed by atoms with Gasteiger partial charge < -0.3 is 20.3 Å². The van der Waals surface area contributed by atoms with E-state index in [1.54, 1.807) is 52.0 Å². The van der Waals surface area contributed by atoms with E-state index in [9.17, 15) is 14.4 Å². The number of alkyl carbamates (subject to hydrolysis) is 1. The number of benzene rings is 1. The second kappa shape index (κ2) is 13.0. The molecular formula is C27H41N3O4. The molecule has 2 N–H and O–H groups in total. The predicted molar refractivity (Wildman–Crippen MR) is 135 cm³/mol. The summed E-state index contributed by atoms with van der Waals surface area (Å²) < 4.78 is 5.31. The van der Waals surface area contributed by atoms with E-state index in [-0.39, 0.29) is 18.0 Å². The van der Waals surface area contributed by atoms with Crippen molar-refractivity contribution in [2.24, 2.45) is 0 Å². The fraction of sp³-hybridized carbons (Fsp3) is 0.593. The largest absolute Gasteiger partial charge is 0.444 e. The van der Waals surface area contributed by atoms with Gasteiger partial charge in [-0.1, -0.05) is 44.4 Å². The number of hydrogen-bond acceptors (Lipinski definition) is 4. The molecule has 0 spiro atoms. The third-order valence-electron chi connectivity index (χ3n) is 5.47. The monoisotopic (exact) mass is 471 g/mol. The number of hydrogen-bond donors (Lipinski definition) is 2. The molecule has 1 rings (SSSR count). The van der Waals surface area contributed by atoms with Gasteiger partial charge in [0, 0.05) is 17.6 Å². The highest BCUT2D eigenvalue weighted by Crippen LogP contribution is 2.28. The number of ether oxygens (including phenoxy) is 1. The maximum atomic E-state index is 13.7. The summed E-state index contributed by atoms with van der Waals surface area (Å²) >= 11 is 0. The molecule has 188 valence electrons. The zero-order valence-corrected chi connectivity index (χ0v) is 21.9. The van der Waals surface area contributed by atoms with E-state index in [4.69, 9.17) is 11.2 Å². The van der Waals surface area contributed by atoms with Crippen LogP contribution in [0.25, 0.3) is 0 Å². The zero-order chi connectivity index (χ0) is 26.1. The molecule has 1 aromatic rings. The minimum Gasteiger partial charge on any atom is -0.444 e. The van der Waals surface area contributed by atoms with Crippen LogP contribution in [0.5, 0.6) is 0 Å². The lowest BCUT2D eigenvalue weighted by atomic mass is 9.95. The van der Waals surface area contributed by atoms with E-state index in [0.717, 1.165) is 12.8 Å². The summed E-state index contributed by atoms with van der Waals surface area (Å²) in [4.78, 5) is 41.2. The van der Waals surface area contributed by atoms with Gasteiger partial charge in [-0.05, 0) is 66.0 Å². The normalized spacial score (nSPS) is 14.7. The van der Waals surface area contributed by atoms with Gasteiger partial charge in [-0.3, -0.25) is 9.59 Å². The van der Waals surface area contributed by atoms with Gasteiger partial charge in [-0.25, -0.2) is 4.79 Å². The molecule has 34 heavy (non-hydrogen) atoms. The van der Waals surface area contributed by atoms with Crippen LogP contribution >= 0.6 is 0 Å². The molecule has 0 aliphatic heterocycles. The van der Waals surface area contributed by atoms with Gasteiger partial charge in [0.1, 0.15) is 17.7 Å². The van der Waals surface area contributed by atoms with Crippen LogP contribution in [0, 0.1) is 12.3 Å². The molecule has 0 radical (unpaired) electrons. The first-order valence-electron chi connectivity index (χ1n) is 12.0. The van der Waals surface area contributed by atoms with Gasteiger partial charge >= 0.3 is 6.09 Å². The first-order chi connectivity index (χ1) is 15.9. The van der Waals surface area contributed by atoms with Crippen molar-refractivity contribution in [1.82, 2.24) is 15.5 Å². The zero-order valence-electron chi connectivity index (χ0n) is 21.9. The van der Waals surface area contributed by atoms with Crippen LogP contribution in [0.15, 0.2) is 24.3 Å². The minimum atomic E-state index is -0.947. The first kappa shape index (κ1) is 29.0. The van der Waals surface area contributed by atoms with Gasteiger partial charge in [0.15, 0.2) is 0 Å². The van der Waals surface area contributed by atoms with Crippen molar-refractivity contribution < 1.29 is 19.1 Å². The molecular weight excluding hydrogens is 430 g/mol. The van der Waals surface area contributed by atoms with E-state index >= 15 is 0 Å². The number of terminal acetylenes is 1. The Morgan fingerprint density at radius 1 is 1.09 bits per heavy atom. The van der Waals surface area contributed by atoms with Crippen molar-refractivity contribution in [2.45, 2.75) is 104 Å². The summed E-state index contributed by atoms with van der Waals surface area (Å²) in [5.41, 5.74) is 0.413. The number of carbonyl (C=O) groups is 3. The molecule has 1 aromatic carbocycles. The SMILES string of the molecule is C#Cc1ccccc1C(C(=O)NC(C)CCC)N(C(=O)C(C)NC(=O)OC(C)(C)C)C(C)CC. The van der Waals surface area contributed by atoms with Crippen molar-refractivity contribution in [3.63, 3.8) is 0 Å². The molecule has 3 amide bonds. The third-order valence-corrected chi connectivity index (χ3v) is 5.47. The summed E-state index contributed by atoms with van der Waals surface area (Å²) in [6.07, 6.45) is 7.38. The highest BCUT2D eigenvalue weighted by molar-refractivity contribution is 5.92. The summed E-state index contributed by atoms with van der Waals surface area (Å²) in [6, 6.07) is 4.92. The van der Waals surface area contributed by atoms with Crippen molar-refractivity contribution in [2.75, 3.05) is 0 Å². The molecule has 0 saturated carbocycles. The van der Waals surface area contributed by atoms with Gasteiger partial charge in [-0.2, -0.15) is 0 Å². The van der Waals surface area contributed by atoms with E-state index < -0.39 is 29.7 Å². The van der Waals surface area contributed by atoms with E-state index in [1.807, 2.05) is 27.7 Å².